The van der Waals surface area contributed by atoms with Crippen molar-refractivity contribution in [3.05, 3.63) is 60.2 Å². The summed E-state index contributed by atoms with van der Waals surface area (Å²) in [5.41, 5.74) is 2.92. The molecule has 3 rings (SSSR count). The fourth-order valence-corrected chi connectivity index (χ4v) is 3.16. The van der Waals surface area contributed by atoms with Gasteiger partial charge in [0.05, 0.1) is 19.8 Å². The van der Waals surface area contributed by atoms with Gasteiger partial charge in [0.1, 0.15) is 11.5 Å². The lowest BCUT2D eigenvalue weighted by Crippen LogP contribution is -1.99. The summed E-state index contributed by atoms with van der Waals surface area (Å²) in [6, 6.07) is 17.7. The minimum absolute atomic E-state index is 0.112. The molecule has 0 aliphatic heterocycles. The maximum atomic E-state index is 10.9. The van der Waals surface area contributed by atoms with Crippen LogP contribution in [0.2, 0.25) is 0 Å². The molecule has 0 amide bonds. The first-order valence-electron chi connectivity index (χ1n) is 8.09. The first kappa shape index (κ1) is 16.8. The van der Waals surface area contributed by atoms with Gasteiger partial charge in [-0.25, -0.2) is 0 Å². The van der Waals surface area contributed by atoms with E-state index in [2.05, 4.69) is 0 Å². The zero-order chi connectivity index (χ0) is 17.8. The maximum Gasteiger partial charge on any atom is 0.303 e. The Morgan fingerprint density at radius 1 is 0.880 bits per heavy atom. The van der Waals surface area contributed by atoms with Crippen molar-refractivity contribution in [3.8, 4) is 22.6 Å². The molecule has 3 aromatic rings. The second kappa shape index (κ2) is 7.26. The smallest absolute Gasteiger partial charge is 0.303 e. The van der Waals surface area contributed by atoms with E-state index < -0.39 is 5.97 Å². The molecule has 0 saturated carbocycles. The molecule has 0 unspecified atom stereocenters. The van der Waals surface area contributed by atoms with Gasteiger partial charge in [-0.2, -0.15) is 0 Å². The third kappa shape index (κ3) is 3.29. The highest BCUT2D eigenvalue weighted by Gasteiger charge is 2.16. The molecule has 3 aromatic carbocycles. The van der Waals surface area contributed by atoms with E-state index >= 15 is 0 Å². The molecule has 4 nitrogen and oxygen atoms in total. The molecule has 0 heterocycles. The van der Waals surface area contributed by atoms with E-state index in [1.165, 1.54) is 0 Å². The normalized spacial score (nSPS) is 10.6. The number of rotatable bonds is 6. The average Bonchev–Trinajstić information content (AvgIpc) is 2.65. The Labute approximate surface area is 146 Å². The van der Waals surface area contributed by atoms with Gasteiger partial charge in [0.25, 0.3) is 0 Å². The lowest BCUT2D eigenvalue weighted by Gasteiger charge is -2.16. The standard InChI is InChI=1S/C21H20O4/c1-24-18-8-5-9-19(25-2)21(18)17-12-10-14(11-13-20(22)23)15-6-3-4-7-16(15)17/h3-10,12H,11,13H2,1-2H3,(H,22,23). The SMILES string of the molecule is COc1cccc(OC)c1-c1ccc(CCC(=O)O)c2ccccc12. The Bertz CT molecular complexity index is 893. The fraction of sp³-hybridized carbons (Fsp3) is 0.190. The maximum absolute atomic E-state index is 10.9. The van der Waals surface area contributed by atoms with Gasteiger partial charge >= 0.3 is 5.97 Å². The number of hydrogen-bond donors (Lipinski definition) is 1. The number of ether oxygens (including phenoxy) is 2. The number of aliphatic carboxylic acids is 1. The van der Waals surface area contributed by atoms with E-state index in [0.717, 1.165) is 39.0 Å². The number of methoxy groups -OCH3 is 2. The van der Waals surface area contributed by atoms with Crippen molar-refractivity contribution in [1.29, 1.82) is 0 Å². The molecule has 0 atom stereocenters. The van der Waals surface area contributed by atoms with Crippen LogP contribution < -0.4 is 9.47 Å². The van der Waals surface area contributed by atoms with Crippen LogP contribution in [0.15, 0.2) is 54.6 Å². The van der Waals surface area contributed by atoms with Crippen molar-refractivity contribution in [3.63, 3.8) is 0 Å². The number of carbonyl (C=O) groups is 1. The molecule has 25 heavy (non-hydrogen) atoms. The largest absolute Gasteiger partial charge is 0.496 e. The monoisotopic (exact) mass is 336 g/mol. The van der Waals surface area contributed by atoms with Crippen LogP contribution in [0.25, 0.3) is 21.9 Å². The number of carboxylic acid groups (broad SMARTS) is 1. The summed E-state index contributed by atoms with van der Waals surface area (Å²) in [4.78, 5) is 10.9. The number of carboxylic acids is 1. The third-order valence-corrected chi connectivity index (χ3v) is 4.32. The summed E-state index contributed by atoms with van der Waals surface area (Å²) >= 11 is 0. The average molecular weight is 336 g/mol. The Balaban J connectivity index is 2.23. The lowest BCUT2D eigenvalue weighted by molar-refractivity contribution is -0.136. The summed E-state index contributed by atoms with van der Waals surface area (Å²) in [7, 11) is 3.28. The van der Waals surface area contributed by atoms with Crippen LogP contribution in [0.3, 0.4) is 0 Å². The summed E-state index contributed by atoms with van der Waals surface area (Å²) in [5.74, 6) is 0.685. The summed E-state index contributed by atoms with van der Waals surface area (Å²) in [6.07, 6.45) is 0.612. The van der Waals surface area contributed by atoms with Gasteiger partial charge in [-0.1, -0.05) is 42.5 Å². The van der Waals surface area contributed by atoms with Gasteiger partial charge in [-0.15, -0.1) is 0 Å². The predicted octanol–water partition coefficient (Wildman–Crippen LogP) is 4.54. The van der Waals surface area contributed by atoms with E-state index in [-0.39, 0.29) is 6.42 Å². The van der Waals surface area contributed by atoms with Gasteiger partial charge in [0.2, 0.25) is 0 Å². The lowest BCUT2D eigenvalue weighted by atomic mass is 9.92. The second-order valence-corrected chi connectivity index (χ2v) is 5.75. The van der Waals surface area contributed by atoms with Crippen molar-refractivity contribution in [2.45, 2.75) is 12.8 Å². The minimum Gasteiger partial charge on any atom is -0.496 e. The summed E-state index contributed by atoms with van der Waals surface area (Å²) < 4.78 is 11.1. The van der Waals surface area contributed by atoms with Crippen LogP contribution in [0.4, 0.5) is 0 Å². The molecule has 0 aromatic heterocycles. The Kier molecular flexibility index (Phi) is 4.89. The molecule has 0 spiro atoms. The first-order chi connectivity index (χ1) is 12.2. The van der Waals surface area contributed by atoms with E-state index in [1.54, 1.807) is 14.2 Å². The zero-order valence-corrected chi connectivity index (χ0v) is 14.3. The van der Waals surface area contributed by atoms with Gasteiger partial charge < -0.3 is 14.6 Å². The molecular formula is C21H20O4. The van der Waals surface area contributed by atoms with Gasteiger partial charge in [0.15, 0.2) is 0 Å². The van der Waals surface area contributed by atoms with Crippen LogP contribution in [-0.4, -0.2) is 25.3 Å². The zero-order valence-electron chi connectivity index (χ0n) is 14.3. The van der Waals surface area contributed by atoms with E-state index in [0.29, 0.717) is 6.42 Å². The first-order valence-corrected chi connectivity index (χ1v) is 8.09. The molecule has 1 N–H and O–H groups in total. The molecule has 4 heteroatoms. The van der Waals surface area contributed by atoms with E-state index in [9.17, 15) is 4.79 Å². The topological polar surface area (TPSA) is 55.8 Å². The minimum atomic E-state index is -0.792. The molecule has 128 valence electrons. The van der Waals surface area contributed by atoms with Crippen LogP contribution in [0.1, 0.15) is 12.0 Å². The van der Waals surface area contributed by atoms with Crippen molar-refractivity contribution in [2.75, 3.05) is 14.2 Å². The van der Waals surface area contributed by atoms with Crippen molar-refractivity contribution < 1.29 is 19.4 Å². The van der Waals surface area contributed by atoms with Crippen LogP contribution >= 0.6 is 0 Å². The molecule has 0 aliphatic rings. The van der Waals surface area contributed by atoms with Gasteiger partial charge in [-0.05, 0) is 40.5 Å². The Hall–Kier alpha value is -3.01. The van der Waals surface area contributed by atoms with Crippen molar-refractivity contribution in [1.82, 2.24) is 0 Å². The van der Waals surface area contributed by atoms with Crippen molar-refractivity contribution >= 4 is 16.7 Å². The number of fused-ring (bicyclic) bond motifs is 1. The summed E-state index contributed by atoms with van der Waals surface area (Å²) in [6.45, 7) is 0. The highest BCUT2D eigenvalue weighted by Crippen LogP contribution is 2.42. The number of aryl methyl sites for hydroxylation is 1. The molecule has 0 bridgehead atoms. The number of hydrogen-bond acceptors (Lipinski definition) is 3. The van der Waals surface area contributed by atoms with Gasteiger partial charge in [-0.3, -0.25) is 4.79 Å². The predicted molar refractivity (Wildman–Crippen MR) is 98.4 cm³/mol. The number of benzene rings is 3. The molecular weight excluding hydrogens is 316 g/mol. The fourth-order valence-electron chi connectivity index (χ4n) is 3.16. The van der Waals surface area contributed by atoms with Crippen LogP contribution in [-0.2, 0) is 11.2 Å². The van der Waals surface area contributed by atoms with Gasteiger partial charge in [0, 0.05) is 6.42 Å². The van der Waals surface area contributed by atoms with Crippen LogP contribution in [0, 0.1) is 0 Å². The molecule has 0 radical (unpaired) electrons. The Morgan fingerprint density at radius 3 is 2.12 bits per heavy atom. The van der Waals surface area contributed by atoms with E-state index in [4.69, 9.17) is 14.6 Å². The molecule has 0 saturated heterocycles. The van der Waals surface area contributed by atoms with Crippen LogP contribution in [0.5, 0.6) is 11.5 Å². The Morgan fingerprint density at radius 2 is 1.52 bits per heavy atom. The highest BCUT2D eigenvalue weighted by atomic mass is 16.5. The molecule has 0 aliphatic carbocycles. The quantitative estimate of drug-likeness (QED) is 0.718. The van der Waals surface area contributed by atoms with Crippen molar-refractivity contribution in [2.24, 2.45) is 0 Å². The highest BCUT2D eigenvalue weighted by molar-refractivity contribution is 6.01. The second-order valence-electron chi connectivity index (χ2n) is 5.75. The van der Waals surface area contributed by atoms with E-state index in [1.807, 2.05) is 54.6 Å². The molecule has 0 fully saturated rings. The third-order valence-electron chi connectivity index (χ3n) is 4.32. The summed E-state index contributed by atoms with van der Waals surface area (Å²) in [5, 5.41) is 11.1.